The predicted molar refractivity (Wildman–Crippen MR) is 51.2 cm³/mol. The molecule has 15 heavy (non-hydrogen) atoms. The Morgan fingerprint density at radius 2 is 2.20 bits per heavy atom. The lowest BCUT2D eigenvalue weighted by atomic mass is 10.2. The molecule has 3 N–H and O–H groups in total. The maximum absolute atomic E-state index is 12.4. The molecule has 0 amide bonds. The zero-order chi connectivity index (χ0) is 11.4. The first-order chi connectivity index (χ1) is 7.06. The molecule has 7 heteroatoms. The van der Waals surface area contributed by atoms with Gasteiger partial charge in [-0.15, -0.1) is 0 Å². The minimum atomic E-state index is -2.52. The molecule has 0 radical (unpaired) electrons. The third-order valence-electron chi connectivity index (χ3n) is 2.06. The lowest BCUT2D eigenvalue weighted by Crippen LogP contribution is -2.42. The fraction of sp³-hybridized carbons (Fsp3) is 0.750. The van der Waals surface area contributed by atoms with E-state index < -0.39 is 12.5 Å². The molecular formula is C8H15F2N5. The van der Waals surface area contributed by atoms with Gasteiger partial charge >= 0.3 is 0 Å². The van der Waals surface area contributed by atoms with Crippen molar-refractivity contribution in [2.45, 2.75) is 38.8 Å². The summed E-state index contributed by atoms with van der Waals surface area (Å²) < 4.78 is 26.5. The van der Waals surface area contributed by atoms with Gasteiger partial charge in [0.05, 0.1) is 6.04 Å². The SMILES string of the molecule is CC(C)n1ncnc1CC(NN)C(F)F. The van der Waals surface area contributed by atoms with E-state index in [2.05, 4.69) is 15.5 Å². The topological polar surface area (TPSA) is 68.8 Å². The quantitative estimate of drug-likeness (QED) is 0.559. The number of halogens is 2. The smallest absolute Gasteiger partial charge is 0.255 e. The fourth-order valence-electron chi connectivity index (χ4n) is 1.27. The van der Waals surface area contributed by atoms with Gasteiger partial charge in [0.15, 0.2) is 0 Å². The maximum atomic E-state index is 12.4. The predicted octanol–water partition coefficient (Wildman–Crippen LogP) is 0.499. The first kappa shape index (κ1) is 12.0. The molecule has 0 fully saturated rings. The lowest BCUT2D eigenvalue weighted by Gasteiger charge is -2.15. The molecule has 1 rings (SSSR count). The van der Waals surface area contributed by atoms with Crippen molar-refractivity contribution in [2.24, 2.45) is 5.84 Å². The molecule has 0 aliphatic heterocycles. The Bertz CT molecular complexity index is 299. The molecule has 1 atom stereocenters. The number of hydrazine groups is 1. The number of aromatic nitrogens is 3. The molecule has 5 nitrogen and oxygen atoms in total. The van der Waals surface area contributed by atoms with Crippen molar-refractivity contribution in [3.63, 3.8) is 0 Å². The Hall–Kier alpha value is -1.08. The van der Waals surface area contributed by atoms with Gasteiger partial charge in [-0.25, -0.2) is 18.4 Å². The Morgan fingerprint density at radius 3 is 2.67 bits per heavy atom. The highest BCUT2D eigenvalue weighted by molar-refractivity contribution is 4.91. The highest BCUT2D eigenvalue weighted by atomic mass is 19.3. The van der Waals surface area contributed by atoms with Gasteiger partial charge in [0.1, 0.15) is 12.2 Å². The molecule has 1 aromatic rings. The number of alkyl halides is 2. The minimum absolute atomic E-state index is 0.0619. The summed E-state index contributed by atoms with van der Waals surface area (Å²) in [6, 6.07) is -0.995. The van der Waals surface area contributed by atoms with Gasteiger partial charge in [-0.1, -0.05) is 0 Å². The van der Waals surface area contributed by atoms with Crippen molar-refractivity contribution in [3.05, 3.63) is 12.2 Å². The van der Waals surface area contributed by atoms with Gasteiger partial charge in [0, 0.05) is 12.5 Å². The van der Waals surface area contributed by atoms with Crippen molar-refractivity contribution >= 4 is 0 Å². The summed E-state index contributed by atoms with van der Waals surface area (Å²) >= 11 is 0. The standard InChI is InChI=1S/C8H15F2N5/c1-5(2)15-7(12-4-13-15)3-6(14-11)8(9)10/h4-6,8,14H,3,11H2,1-2H3. The molecular weight excluding hydrogens is 204 g/mol. The second-order valence-corrected chi connectivity index (χ2v) is 3.53. The van der Waals surface area contributed by atoms with Crippen LogP contribution < -0.4 is 11.3 Å². The van der Waals surface area contributed by atoms with E-state index in [1.165, 1.54) is 6.33 Å². The van der Waals surface area contributed by atoms with Gasteiger partial charge in [-0.3, -0.25) is 11.3 Å². The molecule has 1 aromatic heterocycles. The molecule has 0 aromatic carbocycles. The van der Waals surface area contributed by atoms with Crippen LogP contribution in [-0.2, 0) is 6.42 Å². The van der Waals surface area contributed by atoms with Gasteiger partial charge in [-0.05, 0) is 13.8 Å². The molecule has 0 saturated heterocycles. The van der Waals surface area contributed by atoms with Crippen LogP contribution in [0.25, 0.3) is 0 Å². The molecule has 0 bridgehead atoms. The number of hydrogen-bond acceptors (Lipinski definition) is 4. The fourth-order valence-corrected chi connectivity index (χ4v) is 1.27. The Labute approximate surface area is 86.6 Å². The van der Waals surface area contributed by atoms with Crippen LogP contribution in [0.5, 0.6) is 0 Å². The summed E-state index contributed by atoms with van der Waals surface area (Å²) in [5.74, 6) is 5.54. The zero-order valence-electron chi connectivity index (χ0n) is 8.69. The van der Waals surface area contributed by atoms with Crippen molar-refractivity contribution in [3.8, 4) is 0 Å². The Kier molecular flexibility index (Phi) is 4.10. The summed E-state index contributed by atoms with van der Waals surface area (Å²) in [7, 11) is 0. The van der Waals surface area contributed by atoms with E-state index in [-0.39, 0.29) is 12.5 Å². The second-order valence-electron chi connectivity index (χ2n) is 3.53. The van der Waals surface area contributed by atoms with Crippen LogP contribution in [0.1, 0.15) is 25.7 Å². The van der Waals surface area contributed by atoms with E-state index in [1.807, 2.05) is 13.8 Å². The largest absolute Gasteiger partial charge is 0.271 e. The Balaban J connectivity index is 2.74. The third-order valence-corrected chi connectivity index (χ3v) is 2.06. The number of rotatable bonds is 5. The van der Waals surface area contributed by atoms with Crippen molar-refractivity contribution < 1.29 is 8.78 Å². The van der Waals surface area contributed by atoms with Crippen LogP contribution in [0.4, 0.5) is 8.78 Å². The molecule has 1 unspecified atom stereocenters. The van der Waals surface area contributed by atoms with E-state index in [9.17, 15) is 8.78 Å². The number of nitrogens with one attached hydrogen (secondary N) is 1. The van der Waals surface area contributed by atoms with Crippen LogP contribution in [0.3, 0.4) is 0 Å². The maximum Gasteiger partial charge on any atom is 0.255 e. The molecule has 0 spiro atoms. The number of nitrogens with two attached hydrogens (primary N) is 1. The highest BCUT2D eigenvalue weighted by Gasteiger charge is 2.22. The van der Waals surface area contributed by atoms with Crippen LogP contribution in [0, 0.1) is 0 Å². The average molecular weight is 219 g/mol. The van der Waals surface area contributed by atoms with Crippen molar-refractivity contribution in [1.29, 1.82) is 0 Å². The van der Waals surface area contributed by atoms with Gasteiger partial charge < -0.3 is 0 Å². The zero-order valence-corrected chi connectivity index (χ0v) is 8.69. The van der Waals surface area contributed by atoms with E-state index >= 15 is 0 Å². The van der Waals surface area contributed by atoms with E-state index in [0.717, 1.165) is 0 Å². The summed E-state index contributed by atoms with van der Waals surface area (Å²) in [6.45, 7) is 3.82. The first-order valence-corrected chi connectivity index (χ1v) is 4.69. The van der Waals surface area contributed by atoms with Crippen molar-refractivity contribution in [1.82, 2.24) is 20.2 Å². The van der Waals surface area contributed by atoms with Crippen LogP contribution in [0.15, 0.2) is 6.33 Å². The number of hydrogen-bond donors (Lipinski definition) is 2. The molecule has 86 valence electrons. The normalized spacial score (nSPS) is 13.8. The van der Waals surface area contributed by atoms with Crippen LogP contribution in [0.2, 0.25) is 0 Å². The molecule has 1 heterocycles. The summed E-state index contributed by atoms with van der Waals surface area (Å²) in [5.41, 5.74) is 2.07. The summed E-state index contributed by atoms with van der Waals surface area (Å²) in [4.78, 5) is 3.93. The molecule has 0 aliphatic carbocycles. The lowest BCUT2D eigenvalue weighted by molar-refractivity contribution is 0.0967. The molecule has 0 aliphatic rings. The summed E-state index contributed by atoms with van der Waals surface area (Å²) in [6.07, 6.45) is -1.10. The minimum Gasteiger partial charge on any atom is -0.271 e. The van der Waals surface area contributed by atoms with E-state index in [4.69, 9.17) is 5.84 Å². The van der Waals surface area contributed by atoms with Gasteiger partial charge in [-0.2, -0.15) is 5.10 Å². The number of nitrogens with zero attached hydrogens (tertiary/aromatic N) is 3. The van der Waals surface area contributed by atoms with Crippen LogP contribution in [-0.4, -0.2) is 27.2 Å². The Morgan fingerprint density at radius 1 is 1.53 bits per heavy atom. The van der Waals surface area contributed by atoms with Crippen LogP contribution >= 0.6 is 0 Å². The summed E-state index contributed by atoms with van der Waals surface area (Å²) in [5, 5.41) is 3.95. The van der Waals surface area contributed by atoms with E-state index in [1.54, 1.807) is 4.68 Å². The highest BCUT2D eigenvalue weighted by Crippen LogP contribution is 2.10. The third kappa shape index (κ3) is 2.93. The van der Waals surface area contributed by atoms with Gasteiger partial charge in [0.25, 0.3) is 6.43 Å². The average Bonchev–Trinajstić information content (AvgIpc) is 2.61. The first-order valence-electron chi connectivity index (χ1n) is 4.69. The van der Waals surface area contributed by atoms with Crippen molar-refractivity contribution in [2.75, 3.05) is 0 Å². The van der Waals surface area contributed by atoms with Gasteiger partial charge in [0.2, 0.25) is 0 Å². The van der Waals surface area contributed by atoms with E-state index in [0.29, 0.717) is 5.82 Å². The second kappa shape index (κ2) is 5.13. The monoisotopic (exact) mass is 219 g/mol. The molecule has 0 saturated carbocycles.